The van der Waals surface area contributed by atoms with Crippen molar-refractivity contribution < 1.29 is 8.42 Å². The Bertz CT molecular complexity index is 712. The molecule has 0 bridgehead atoms. The van der Waals surface area contributed by atoms with Crippen LogP contribution in [0, 0.1) is 0 Å². The van der Waals surface area contributed by atoms with Gasteiger partial charge in [0.2, 0.25) is 10.0 Å². The second kappa shape index (κ2) is 5.34. The number of sulfonamides is 1. The molecule has 5 heteroatoms. The van der Waals surface area contributed by atoms with Crippen LogP contribution >= 0.6 is 0 Å². The van der Waals surface area contributed by atoms with Crippen molar-refractivity contribution in [3.63, 3.8) is 0 Å². The van der Waals surface area contributed by atoms with Gasteiger partial charge in [-0.15, -0.1) is 0 Å². The Morgan fingerprint density at radius 2 is 1.80 bits per heavy atom. The standard InChI is InChI=1S/C15H16N2O2S/c18-20(19,17-11-12-6-8-16-9-7-12)15-5-4-13-2-1-3-14(13)10-15/h4-10,17H,1-3,11H2. The van der Waals surface area contributed by atoms with E-state index < -0.39 is 10.0 Å². The van der Waals surface area contributed by atoms with E-state index in [1.165, 1.54) is 5.56 Å². The van der Waals surface area contributed by atoms with Crippen LogP contribution in [-0.2, 0) is 29.4 Å². The fraction of sp³-hybridized carbons (Fsp3) is 0.267. The van der Waals surface area contributed by atoms with Crippen LogP contribution < -0.4 is 4.72 Å². The maximum atomic E-state index is 12.3. The van der Waals surface area contributed by atoms with Gasteiger partial charge in [0, 0.05) is 18.9 Å². The number of hydrogen-bond donors (Lipinski definition) is 1. The van der Waals surface area contributed by atoms with E-state index in [0.717, 1.165) is 30.4 Å². The zero-order valence-corrected chi connectivity index (χ0v) is 11.9. The van der Waals surface area contributed by atoms with Gasteiger partial charge in [-0.1, -0.05) is 6.07 Å². The van der Waals surface area contributed by atoms with Crippen molar-refractivity contribution in [3.05, 3.63) is 59.4 Å². The maximum Gasteiger partial charge on any atom is 0.240 e. The third-order valence-corrected chi connectivity index (χ3v) is 4.99. The smallest absolute Gasteiger partial charge is 0.240 e. The Morgan fingerprint density at radius 3 is 2.60 bits per heavy atom. The lowest BCUT2D eigenvalue weighted by Crippen LogP contribution is -2.23. The first-order valence-corrected chi connectivity index (χ1v) is 8.14. The lowest BCUT2D eigenvalue weighted by Gasteiger charge is -2.08. The van der Waals surface area contributed by atoms with Gasteiger partial charge in [-0.2, -0.15) is 0 Å². The predicted molar refractivity (Wildman–Crippen MR) is 76.7 cm³/mol. The van der Waals surface area contributed by atoms with Crippen LogP contribution in [0.4, 0.5) is 0 Å². The SMILES string of the molecule is O=S(=O)(NCc1ccncc1)c1ccc2c(c1)CCC2. The third kappa shape index (κ3) is 2.73. The van der Waals surface area contributed by atoms with Gasteiger partial charge in [0.05, 0.1) is 4.90 Å². The first kappa shape index (κ1) is 13.3. The number of fused-ring (bicyclic) bond motifs is 1. The van der Waals surface area contributed by atoms with Crippen LogP contribution in [-0.4, -0.2) is 13.4 Å². The molecule has 104 valence electrons. The normalized spacial score (nSPS) is 14.2. The Hall–Kier alpha value is -1.72. The molecule has 0 saturated heterocycles. The maximum absolute atomic E-state index is 12.3. The second-order valence-electron chi connectivity index (χ2n) is 4.96. The number of rotatable bonds is 4. The summed E-state index contributed by atoms with van der Waals surface area (Å²) in [6.45, 7) is 0.280. The van der Waals surface area contributed by atoms with Gasteiger partial charge in [-0.05, 0) is 60.2 Å². The Morgan fingerprint density at radius 1 is 1.05 bits per heavy atom. The molecule has 0 atom stereocenters. The Balaban J connectivity index is 1.78. The summed E-state index contributed by atoms with van der Waals surface area (Å²) < 4.78 is 27.2. The van der Waals surface area contributed by atoms with Gasteiger partial charge in [0.1, 0.15) is 0 Å². The minimum Gasteiger partial charge on any atom is -0.265 e. The molecule has 20 heavy (non-hydrogen) atoms. The first-order valence-electron chi connectivity index (χ1n) is 6.65. The number of aromatic nitrogens is 1. The molecule has 2 aromatic rings. The first-order chi connectivity index (χ1) is 9.65. The molecule has 1 aromatic heterocycles. The van der Waals surface area contributed by atoms with Crippen LogP contribution in [0.15, 0.2) is 47.6 Å². The molecule has 0 fully saturated rings. The molecule has 1 heterocycles. The van der Waals surface area contributed by atoms with E-state index in [9.17, 15) is 8.42 Å². The summed E-state index contributed by atoms with van der Waals surface area (Å²) in [6.07, 6.45) is 6.45. The Labute approximate surface area is 118 Å². The van der Waals surface area contributed by atoms with Crippen LogP contribution in [0.1, 0.15) is 23.1 Å². The molecule has 0 amide bonds. The van der Waals surface area contributed by atoms with E-state index in [1.807, 2.05) is 6.07 Å². The van der Waals surface area contributed by atoms with Gasteiger partial charge >= 0.3 is 0 Å². The lowest BCUT2D eigenvalue weighted by molar-refractivity contribution is 0.581. The number of hydrogen-bond acceptors (Lipinski definition) is 3. The molecule has 1 N–H and O–H groups in total. The summed E-state index contributed by atoms with van der Waals surface area (Å²) in [6, 6.07) is 9.02. The van der Waals surface area contributed by atoms with Gasteiger partial charge in [-0.3, -0.25) is 4.98 Å². The second-order valence-corrected chi connectivity index (χ2v) is 6.73. The molecule has 0 aliphatic heterocycles. The van der Waals surface area contributed by atoms with E-state index in [1.54, 1.807) is 36.7 Å². The molecule has 4 nitrogen and oxygen atoms in total. The summed E-state index contributed by atoms with van der Waals surface area (Å²) in [5.41, 5.74) is 3.33. The van der Waals surface area contributed by atoms with Crippen molar-refractivity contribution in [3.8, 4) is 0 Å². The molecular formula is C15H16N2O2S. The number of aryl methyl sites for hydroxylation is 2. The minimum absolute atomic E-state index is 0.280. The van der Waals surface area contributed by atoms with Crippen LogP contribution in [0.25, 0.3) is 0 Å². The van der Waals surface area contributed by atoms with Gasteiger partial charge < -0.3 is 0 Å². The largest absolute Gasteiger partial charge is 0.265 e. The summed E-state index contributed by atoms with van der Waals surface area (Å²) >= 11 is 0. The van der Waals surface area contributed by atoms with E-state index >= 15 is 0 Å². The highest BCUT2D eigenvalue weighted by Crippen LogP contribution is 2.24. The molecule has 1 aromatic carbocycles. The zero-order valence-electron chi connectivity index (χ0n) is 11.0. The average Bonchev–Trinajstić information content (AvgIpc) is 2.94. The van der Waals surface area contributed by atoms with Crippen molar-refractivity contribution >= 4 is 10.0 Å². The molecule has 0 radical (unpaired) electrons. The van der Waals surface area contributed by atoms with E-state index in [-0.39, 0.29) is 6.54 Å². The fourth-order valence-electron chi connectivity index (χ4n) is 2.48. The van der Waals surface area contributed by atoms with E-state index in [0.29, 0.717) is 4.90 Å². The highest BCUT2D eigenvalue weighted by molar-refractivity contribution is 7.89. The van der Waals surface area contributed by atoms with Crippen LogP contribution in [0.3, 0.4) is 0 Å². The predicted octanol–water partition coefficient (Wildman–Crippen LogP) is 2.05. The summed E-state index contributed by atoms with van der Waals surface area (Å²) in [7, 11) is -3.45. The molecule has 0 saturated carbocycles. The molecule has 1 aliphatic rings. The van der Waals surface area contributed by atoms with E-state index in [2.05, 4.69) is 9.71 Å². The van der Waals surface area contributed by atoms with Crippen molar-refractivity contribution in [2.45, 2.75) is 30.7 Å². The van der Waals surface area contributed by atoms with Crippen LogP contribution in [0.2, 0.25) is 0 Å². The summed E-state index contributed by atoms with van der Waals surface area (Å²) in [4.78, 5) is 4.26. The number of benzene rings is 1. The zero-order chi connectivity index (χ0) is 14.0. The number of nitrogens with one attached hydrogen (secondary N) is 1. The summed E-state index contributed by atoms with van der Waals surface area (Å²) in [5, 5.41) is 0. The molecule has 0 unspecified atom stereocenters. The third-order valence-electron chi connectivity index (χ3n) is 3.60. The van der Waals surface area contributed by atoms with Gasteiger partial charge in [0.25, 0.3) is 0 Å². The molecule has 3 rings (SSSR count). The molecule has 1 aliphatic carbocycles. The highest BCUT2D eigenvalue weighted by Gasteiger charge is 2.18. The highest BCUT2D eigenvalue weighted by atomic mass is 32.2. The average molecular weight is 288 g/mol. The van der Waals surface area contributed by atoms with Crippen molar-refractivity contribution in [1.82, 2.24) is 9.71 Å². The lowest BCUT2D eigenvalue weighted by atomic mass is 10.1. The molecular weight excluding hydrogens is 272 g/mol. The van der Waals surface area contributed by atoms with E-state index in [4.69, 9.17) is 0 Å². The van der Waals surface area contributed by atoms with Crippen molar-refractivity contribution in [2.24, 2.45) is 0 Å². The monoisotopic (exact) mass is 288 g/mol. The number of pyridine rings is 1. The van der Waals surface area contributed by atoms with Crippen molar-refractivity contribution in [1.29, 1.82) is 0 Å². The topological polar surface area (TPSA) is 59.1 Å². The Kier molecular flexibility index (Phi) is 3.54. The minimum atomic E-state index is -3.45. The van der Waals surface area contributed by atoms with Crippen LogP contribution in [0.5, 0.6) is 0 Å². The fourth-order valence-corrected chi connectivity index (χ4v) is 3.55. The van der Waals surface area contributed by atoms with Crippen molar-refractivity contribution in [2.75, 3.05) is 0 Å². The van der Waals surface area contributed by atoms with Gasteiger partial charge in [-0.25, -0.2) is 13.1 Å². The molecule has 0 spiro atoms. The summed E-state index contributed by atoms with van der Waals surface area (Å²) in [5.74, 6) is 0. The van der Waals surface area contributed by atoms with Gasteiger partial charge in [0.15, 0.2) is 0 Å². The quantitative estimate of drug-likeness (QED) is 0.936. The number of nitrogens with zero attached hydrogens (tertiary/aromatic N) is 1.